The van der Waals surface area contributed by atoms with Gasteiger partial charge in [0.2, 0.25) is 0 Å². The molecular formula is C28H27N7O2. The fraction of sp³-hybridized carbons (Fsp3) is 0.321. The number of benzene rings is 1. The molecule has 1 amide bonds. The second-order valence-electron chi connectivity index (χ2n) is 9.86. The highest BCUT2D eigenvalue weighted by Gasteiger charge is 2.45. The summed E-state index contributed by atoms with van der Waals surface area (Å²) < 4.78 is 7.39. The molecule has 5 aromatic rings. The van der Waals surface area contributed by atoms with E-state index in [1.165, 1.54) is 0 Å². The summed E-state index contributed by atoms with van der Waals surface area (Å²) in [6.07, 6.45) is 11.0. The van der Waals surface area contributed by atoms with Crippen LogP contribution in [0.25, 0.3) is 38.9 Å². The van der Waals surface area contributed by atoms with Crippen molar-refractivity contribution < 1.29 is 9.53 Å². The molecule has 0 saturated carbocycles. The van der Waals surface area contributed by atoms with E-state index in [4.69, 9.17) is 14.8 Å². The molecular weight excluding hydrogens is 466 g/mol. The lowest BCUT2D eigenvalue weighted by atomic mass is 9.88. The molecule has 0 aliphatic carbocycles. The molecule has 0 radical (unpaired) electrons. The van der Waals surface area contributed by atoms with Crippen LogP contribution in [0.2, 0.25) is 0 Å². The van der Waals surface area contributed by atoms with Gasteiger partial charge in [-0.2, -0.15) is 10.2 Å². The molecule has 1 aromatic carbocycles. The first-order valence-electron chi connectivity index (χ1n) is 12.9. The van der Waals surface area contributed by atoms with Gasteiger partial charge in [0.1, 0.15) is 5.69 Å². The van der Waals surface area contributed by atoms with Gasteiger partial charge in [-0.15, -0.1) is 0 Å². The largest absolute Gasteiger partial charge is 0.450 e. The number of hydrogen-bond donors (Lipinski definition) is 1. The minimum atomic E-state index is -0.178. The van der Waals surface area contributed by atoms with Gasteiger partial charge < -0.3 is 9.64 Å². The first-order chi connectivity index (χ1) is 18.2. The number of fused-ring (bicyclic) bond motifs is 4. The predicted octanol–water partition coefficient (Wildman–Crippen LogP) is 5.20. The molecule has 7 rings (SSSR count). The summed E-state index contributed by atoms with van der Waals surface area (Å²) >= 11 is 0. The fourth-order valence-electron chi connectivity index (χ4n) is 6.33. The van der Waals surface area contributed by atoms with Crippen LogP contribution in [0.5, 0.6) is 0 Å². The fourth-order valence-corrected chi connectivity index (χ4v) is 6.33. The summed E-state index contributed by atoms with van der Waals surface area (Å²) in [5.74, 6) is 0.274. The predicted molar refractivity (Wildman–Crippen MR) is 139 cm³/mol. The molecule has 186 valence electrons. The number of amides is 1. The summed E-state index contributed by atoms with van der Waals surface area (Å²) in [7, 11) is 0. The van der Waals surface area contributed by atoms with Crippen molar-refractivity contribution in [1.82, 2.24) is 34.7 Å². The van der Waals surface area contributed by atoms with Crippen LogP contribution in [0.1, 0.15) is 44.2 Å². The minimum absolute atomic E-state index is 0.178. The lowest BCUT2D eigenvalue weighted by Crippen LogP contribution is -2.46. The van der Waals surface area contributed by atoms with Crippen molar-refractivity contribution in [2.24, 2.45) is 0 Å². The average molecular weight is 494 g/mol. The molecule has 0 spiro atoms. The van der Waals surface area contributed by atoms with E-state index < -0.39 is 0 Å². The summed E-state index contributed by atoms with van der Waals surface area (Å²) in [4.78, 5) is 23.7. The quantitative estimate of drug-likeness (QED) is 0.369. The van der Waals surface area contributed by atoms with E-state index in [1.54, 1.807) is 12.4 Å². The van der Waals surface area contributed by atoms with Crippen molar-refractivity contribution in [3.8, 4) is 22.4 Å². The van der Waals surface area contributed by atoms with Gasteiger partial charge in [-0.25, -0.2) is 14.3 Å². The van der Waals surface area contributed by atoms with Gasteiger partial charge >= 0.3 is 6.09 Å². The number of aromatic nitrogens is 6. The van der Waals surface area contributed by atoms with Gasteiger partial charge in [-0.3, -0.25) is 10.1 Å². The van der Waals surface area contributed by atoms with E-state index in [0.717, 1.165) is 70.3 Å². The number of carbonyl (C=O) groups is 1. The zero-order valence-corrected chi connectivity index (χ0v) is 20.5. The van der Waals surface area contributed by atoms with Gasteiger partial charge in [0.15, 0.2) is 5.65 Å². The summed E-state index contributed by atoms with van der Waals surface area (Å²) in [6, 6.07) is 12.6. The Balaban J connectivity index is 1.38. The number of piperidine rings is 1. The highest BCUT2D eigenvalue weighted by molar-refractivity contribution is 6.02. The van der Waals surface area contributed by atoms with Crippen molar-refractivity contribution >= 4 is 22.6 Å². The van der Waals surface area contributed by atoms with Crippen LogP contribution in [-0.2, 0) is 4.74 Å². The van der Waals surface area contributed by atoms with Crippen LogP contribution in [0, 0.1) is 0 Å². The number of aromatic amines is 1. The Labute approximate surface area is 213 Å². The SMILES string of the molecule is CCOC(=O)N1[C@@H]2CC[C@H]1CC(c1ccnc3c(-c4cccc5[nH]ncc45)c(-c4ccncc4)nn13)C2. The molecule has 9 heteroatoms. The van der Waals surface area contributed by atoms with E-state index in [1.807, 2.05) is 53.0 Å². The van der Waals surface area contributed by atoms with E-state index in [-0.39, 0.29) is 24.1 Å². The van der Waals surface area contributed by atoms with Gasteiger partial charge in [-0.1, -0.05) is 12.1 Å². The average Bonchev–Trinajstić information content (AvgIpc) is 3.63. The molecule has 3 atom stereocenters. The molecule has 37 heavy (non-hydrogen) atoms. The van der Waals surface area contributed by atoms with Crippen molar-refractivity contribution in [2.45, 2.75) is 50.6 Å². The maximum Gasteiger partial charge on any atom is 0.410 e. The summed E-state index contributed by atoms with van der Waals surface area (Å²) in [5, 5.41) is 13.6. The number of rotatable bonds is 4. The Morgan fingerprint density at radius 2 is 1.89 bits per heavy atom. The normalized spacial score (nSPS) is 21.1. The standard InChI is InChI=1S/C28H27N7O2/c1-2-37-28(36)34-19-6-7-20(34)15-18(14-19)24-10-13-30-27-25(21-4-3-5-23-22(21)16-31-32-23)26(33-35(24)27)17-8-11-29-12-9-17/h3-5,8-13,16,18-20H,2,6-7,14-15H2,1H3,(H,31,32)/t18?,19-,20+. The number of nitrogens with one attached hydrogen (secondary N) is 1. The second-order valence-corrected chi connectivity index (χ2v) is 9.86. The second kappa shape index (κ2) is 8.69. The van der Waals surface area contributed by atoms with Gasteiger partial charge in [0.05, 0.1) is 23.9 Å². The number of hydrogen-bond acceptors (Lipinski definition) is 6. The van der Waals surface area contributed by atoms with E-state index in [0.29, 0.717) is 6.61 Å². The maximum absolute atomic E-state index is 12.6. The lowest BCUT2D eigenvalue weighted by molar-refractivity contribution is 0.0685. The molecule has 1 unspecified atom stereocenters. The third kappa shape index (κ3) is 3.48. The number of carbonyl (C=O) groups excluding carboxylic acids is 1. The molecule has 2 bridgehead atoms. The van der Waals surface area contributed by atoms with Gasteiger partial charge in [0, 0.05) is 53.2 Å². The molecule has 4 aromatic heterocycles. The van der Waals surface area contributed by atoms with Crippen LogP contribution in [0.3, 0.4) is 0 Å². The lowest BCUT2D eigenvalue weighted by Gasteiger charge is -2.38. The van der Waals surface area contributed by atoms with Crippen LogP contribution >= 0.6 is 0 Å². The summed E-state index contributed by atoms with van der Waals surface area (Å²) in [5.41, 5.74) is 6.78. The number of H-pyrrole nitrogens is 1. The van der Waals surface area contributed by atoms with Crippen LogP contribution in [0.4, 0.5) is 4.79 Å². The minimum Gasteiger partial charge on any atom is -0.450 e. The van der Waals surface area contributed by atoms with Crippen molar-refractivity contribution in [1.29, 1.82) is 0 Å². The third-order valence-corrected chi connectivity index (χ3v) is 7.89. The monoisotopic (exact) mass is 493 g/mol. The maximum atomic E-state index is 12.6. The topological polar surface area (TPSA) is 101 Å². The van der Waals surface area contributed by atoms with E-state index >= 15 is 0 Å². The molecule has 2 saturated heterocycles. The Morgan fingerprint density at radius 1 is 1.08 bits per heavy atom. The molecule has 2 aliphatic rings. The Bertz CT molecular complexity index is 1600. The Hall–Kier alpha value is -4.27. The van der Waals surface area contributed by atoms with Crippen molar-refractivity contribution in [2.75, 3.05) is 6.61 Å². The zero-order valence-electron chi connectivity index (χ0n) is 20.5. The van der Waals surface area contributed by atoms with Crippen LogP contribution < -0.4 is 0 Å². The highest BCUT2D eigenvalue weighted by atomic mass is 16.6. The molecule has 2 fully saturated rings. The van der Waals surface area contributed by atoms with Crippen molar-refractivity contribution in [3.63, 3.8) is 0 Å². The molecule has 1 N–H and O–H groups in total. The molecule has 2 aliphatic heterocycles. The zero-order chi connectivity index (χ0) is 24.9. The smallest absolute Gasteiger partial charge is 0.410 e. The molecule has 9 nitrogen and oxygen atoms in total. The number of pyridine rings is 1. The van der Waals surface area contributed by atoms with E-state index in [2.05, 4.69) is 27.3 Å². The first-order valence-corrected chi connectivity index (χ1v) is 12.9. The Morgan fingerprint density at radius 3 is 2.68 bits per heavy atom. The van der Waals surface area contributed by atoms with Gasteiger partial charge in [0.25, 0.3) is 0 Å². The first kappa shape index (κ1) is 22.0. The number of ether oxygens (including phenoxy) is 1. The molecule has 6 heterocycles. The third-order valence-electron chi connectivity index (χ3n) is 7.89. The Kier molecular flexibility index (Phi) is 5.16. The number of nitrogens with zero attached hydrogens (tertiary/aromatic N) is 6. The van der Waals surface area contributed by atoms with Gasteiger partial charge in [-0.05, 0) is 62.4 Å². The van der Waals surface area contributed by atoms with Crippen molar-refractivity contribution in [3.05, 3.63) is 66.9 Å². The summed E-state index contributed by atoms with van der Waals surface area (Å²) in [6.45, 7) is 2.26. The van der Waals surface area contributed by atoms with E-state index in [9.17, 15) is 4.79 Å². The van der Waals surface area contributed by atoms with Crippen LogP contribution in [-0.4, -0.2) is 59.5 Å². The highest BCUT2D eigenvalue weighted by Crippen LogP contribution is 2.44. The van der Waals surface area contributed by atoms with Crippen LogP contribution in [0.15, 0.2) is 61.2 Å².